The van der Waals surface area contributed by atoms with E-state index >= 15 is 0 Å². The first-order valence-electron chi connectivity index (χ1n) is 7.67. The van der Waals surface area contributed by atoms with E-state index in [9.17, 15) is 17.6 Å². The number of hydrogen-bond donors (Lipinski definition) is 0. The fourth-order valence-corrected chi connectivity index (χ4v) is 3.10. The lowest BCUT2D eigenvalue weighted by Crippen LogP contribution is -2.22. The third-order valence-corrected chi connectivity index (χ3v) is 4.42. The molecule has 0 aliphatic heterocycles. The van der Waals surface area contributed by atoms with Gasteiger partial charge in [0.25, 0.3) is 6.48 Å². The van der Waals surface area contributed by atoms with Gasteiger partial charge in [-0.15, -0.1) is 0 Å². The van der Waals surface area contributed by atoms with E-state index < -0.39 is 39.5 Å². The van der Waals surface area contributed by atoms with Crippen molar-refractivity contribution < 1.29 is 31.5 Å². The molecule has 1 aromatic rings. The molecule has 1 rings (SSSR count). The topological polar surface area (TPSA) is 27.7 Å². The van der Waals surface area contributed by atoms with E-state index in [1.807, 2.05) is 13.8 Å². The molecule has 0 radical (unpaired) electrons. The molecule has 0 spiro atoms. The van der Waals surface area contributed by atoms with Crippen LogP contribution in [-0.4, -0.2) is 29.5 Å². The van der Waals surface area contributed by atoms with Crippen LogP contribution in [0.4, 0.5) is 17.6 Å². The number of unbranched alkanes of at least 4 members (excludes halogenated alkanes) is 1. The molecule has 0 fully saturated rings. The van der Waals surface area contributed by atoms with Crippen LogP contribution in [0.25, 0.3) is 0 Å². The molecule has 0 bridgehead atoms. The predicted molar refractivity (Wildman–Crippen MR) is 80.7 cm³/mol. The van der Waals surface area contributed by atoms with Gasteiger partial charge < -0.3 is 13.9 Å². The molecule has 0 aromatic heterocycles. The van der Waals surface area contributed by atoms with Gasteiger partial charge in [-0.2, -0.15) is 0 Å². The van der Waals surface area contributed by atoms with Crippen LogP contribution in [0.1, 0.15) is 32.3 Å². The molecule has 132 valence electrons. The molecule has 0 unspecified atom stereocenters. The Balaban J connectivity index is 2.30. The monoisotopic (exact) mass is 354 g/mol. The largest absolute Gasteiger partial charge is 0.379 e. The van der Waals surface area contributed by atoms with E-state index in [1.165, 1.54) is 0 Å². The summed E-state index contributed by atoms with van der Waals surface area (Å²) in [5.74, 6) is -6.21. The highest BCUT2D eigenvalue weighted by Gasteiger charge is 2.18. The molecule has 0 saturated heterocycles. The van der Waals surface area contributed by atoms with Crippen molar-refractivity contribution in [3.8, 4) is 0 Å². The van der Waals surface area contributed by atoms with Crippen LogP contribution in [-0.2, 0) is 20.3 Å². The zero-order chi connectivity index (χ0) is 17.2. The number of halogens is 4. The van der Waals surface area contributed by atoms with Crippen LogP contribution in [0.3, 0.4) is 0 Å². The molecule has 0 aliphatic carbocycles. The molecule has 0 aliphatic rings. The molecule has 1 aromatic carbocycles. The van der Waals surface area contributed by atoms with Gasteiger partial charge >= 0.3 is 0 Å². The number of hydrogen-bond acceptors (Lipinski definition) is 3. The maximum atomic E-state index is 13.5. The second-order valence-electron chi connectivity index (χ2n) is 4.84. The smallest absolute Gasteiger partial charge is 0.261 e. The minimum atomic E-state index is -1.77. The van der Waals surface area contributed by atoms with Crippen LogP contribution in [0.15, 0.2) is 6.07 Å². The Bertz CT molecular complexity index is 482. The van der Waals surface area contributed by atoms with Crippen LogP contribution in [0.5, 0.6) is 0 Å². The zero-order valence-electron chi connectivity index (χ0n) is 13.3. The van der Waals surface area contributed by atoms with E-state index in [-0.39, 0.29) is 12.0 Å². The fourth-order valence-electron chi connectivity index (χ4n) is 1.99. The molecule has 3 nitrogen and oxygen atoms in total. The molecule has 0 atom stereocenters. The first-order chi connectivity index (χ1) is 11.0. The van der Waals surface area contributed by atoms with Crippen molar-refractivity contribution in [2.75, 3.05) is 13.2 Å². The van der Waals surface area contributed by atoms with Crippen LogP contribution < -0.4 is 0 Å². The fraction of sp³-hybridized carbons (Fsp3) is 0.600. The summed E-state index contributed by atoms with van der Waals surface area (Å²) in [5, 5.41) is 0. The minimum Gasteiger partial charge on any atom is -0.379 e. The van der Waals surface area contributed by atoms with Gasteiger partial charge in [0, 0.05) is 13.2 Å². The van der Waals surface area contributed by atoms with Crippen molar-refractivity contribution in [2.45, 2.75) is 45.6 Å². The summed E-state index contributed by atoms with van der Waals surface area (Å²) in [5.41, 5.74) is -0.148. The van der Waals surface area contributed by atoms with Gasteiger partial charge in [-0.3, -0.25) is 0 Å². The quantitative estimate of drug-likeness (QED) is 0.152. The summed E-state index contributed by atoms with van der Waals surface area (Å²) >= 11 is 0. The van der Waals surface area contributed by atoms with Crippen molar-refractivity contribution in [3.05, 3.63) is 34.9 Å². The lowest BCUT2D eigenvalue weighted by molar-refractivity contribution is -0.243. The molecule has 23 heavy (non-hydrogen) atoms. The number of ether oxygens (including phenoxy) is 2. The Morgan fingerprint density at radius 3 is 2.22 bits per heavy atom. The van der Waals surface area contributed by atoms with Gasteiger partial charge in [0.2, 0.25) is 0 Å². The van der Waals surface area contributed by atoms with Gasteiger partial charge in [0.1, 0.15) is 0 Å². The summed E-state index contributed by atoms with van der Waals surface area (Å²) in [6, 6.07) is 1.51. The molecule has 0 amide bonds. The molecule has 0 saturated carbocycles. The maximum absolute atomic E-state index is 13.5. The van der Waals surface area contributed by atoms with Crippen molar-refractivity contribution in [3.63, 3.8) is 0 Å². The van der Waals surface area contributed by atoms with Gasteiger partial charge in [-0.25, -0.2) is 17.6 Å². The number of benzene rings is 1. The highest BCUT2D eigenvalue weighted by atomic mass is 28.2. The SMILES string of the molecule is CCOC(OCC)O[SiH2]CCCCc1cc(F)c(F)c(F)c1F. The lowest BCUT2D eigenvalue weighted by atomic mass is 10.1. The Kier molecular flexibility index (Phi) is 9.38. The van der Waals surface area contributed by atoms with Crippen molar-refractivity contribution in [1.82, 2.24) is 0 Å². The van der Waals surface area contributed by atoms with E-state index in [1.54, 1.807) is 0 Å². The molecular formula is C15H22F4O3Si. The normalized spacial score (nSPS) is 12.0. The Morgan fingerprint density at radius 1 is 0.957 bits per heavy atom. The number of aryl methyl sites for hydroxylation is 1. The third-order valence-electron chi connectivity index (χ3n) is 3.13. The summed E-state index contributed by atoms with van der Waals surface area (Å²) in [7, 11) is -0.861. The molecule has 0 N–H and O–H groups in total. The third kappa shape index (κ3) is 6.58. The average Bonchev–Trinajstić information content (AvgIpc) is 2.53. The highest BCUT2D eigenvalue weighted by molar-refractivity contribution is 6.27. The van der Waals surface area contributed by atoms with Crippen molar-refractivity contribution in [2.24, 2.45) is 0 Å². The first-order valence-corrected chi connectivity index (χ1v) is 9.25. The zero-order valence-corrected chi connectivity index (χ0v) is 14.8. The van der Waals surface area contributed by atoms with Crippen LogP contribution in [0.2, 0.25) is 6.04 Å². The average molecular weight is 354 g/mol. The van der Waals surface area contributed by atoms with Gasteiger partial charge in [0.05, 0.1) is 0 Å². The van der Waals surface area contributed by atoms with Gasteiger partial charge in [0.15, 0.2) is 33.0 Å². The van der Waals surface area contributed by atoms with Gasteiger partial charge in [-0.05, 0) is 44.4 Å². The van der Waals surface area contributed by atoms with E-state index in [0.29, 0.717) is 25.7 Å². The maximum Gasteiger partial charge on any atom is 0.261 e. The minimum absolute atomic E-state index is 0.148. The summed E-state index contributed by atoms with van der Waals surface area (Å²) in [6.07, 6.45) is 1.40. The molecule has 8 heteroatoms. The van der Waals surface area contributed by atoms with Crippen molar-refractivity contribution in [1.29, 1.82) is 0 Å². The highest BCUT2D eigenvalue weighted by Crippen LogP contribution is 2.20. The van der Waals surface area contributed by atoms with E-state index in [2.05, 4.69) is 0 Å². The summed E-state index contributed by atoms with van der Waals surface area (Å²) in [6.45, 7) is 4.01. The Hall–Kier alpha value is -0.963. The van der Waals surface area contributed by atoms with E-state index in [0.717, 1.165) is 12.5 Å². The second kappa shape index (κ2) is 10.7. The van der Waals surface area contributed by atoms with Gasteiger partial charge in [-0.1, -0.05) is 6.42 Å². The summed E-state index contributed by atoms with van der Waals surface area (Å²) in [4.78, 5) is 0. The lowest BCUT2D eigenvalue weighted by Gasteiger charge is -2.17. The molecule has 0 heterocycles. The number of rotatable bonds is 11. The van der Waals surface area contributed by atoms with Crippen molar-refractivity contribution >= 4 is 9.76 Å². The van der Waals surface area contributed by atoms with E-state index in [4.69, 9.17) is 13.9 Å². The van der Waals surface area contributed by atoms with Crippen LogP contribution >= 0.6 is 0 Å². The standard InChI is InChI=1S/C15H22F4O3Si/c1-3-20-15(21-4-2)22-23-8-6-5-7-10-9-11(16)13(18)14(19)12(10)17/h9,15H,3-8,23H2,1-2H3. The first kappa shape index (κ1) is 20.1. The Morgan fingerprint density at radius 2 is 1.61 bits per heavy atom. The predicted octanol–water partition coefficient (Wildman–Crippen LogP) is 3.44. The second-order valence-corrected chi connectivity index (χ2v) is 6.29. The Labute approximate surface area is 135 Å². The molecular weight excluding hydrogens is 332 g/mol. The van der Waals surface area contributed by atoms with Crippen LogP contribution in [0, 0.1) is 23.3 Å². The summed E-state index contributed by atoms with van der Waals surface area (Å²) < 4.78 is 68.4.